The largest absolute Gasteiger partial charge is 0.492 e. The quantitative estimate of drug-likeness (QED) is 0.677. The highest BCUT2D eigenvalue weighted by molar-refractivity contribution is 5.96. The monoisotopic (exact) mass is 439 g/mol. The van der Waals surface area contributed by atoms with Crippen LogP contribution in [0.2, 0.25) is 0 Å². The van der Waals surface area contributed by atoms with Crippen LogP contribution in [0.3, 0.4) is 0 Å². The van der Waals surface area contributed by atoms with E-state index in [1.54, 1.807) is 0 Å². The Bertz CT molecular complexity index is 943. The molecule has 32 heavy (non-hydrogen) atoms. The Kier molecular flexibility index (Phi) is 7.05. The summed E-state index contributed by atoms with van der Waals surface area (Å²) < 4.78 is 17.3. The summed E-state index contributed by atoms with van der Waals surface area (Å²) in [6, 6.07) is 12.4. The molecule has 0 radical (unpaired) electrons. The van der Waals surface area contributed by atoms with E-state index in [9.17, 15) is 4.79 Å². The Morgan fingerprint density at radius 2 is 1.78 bits per heavy atom. The molecule has 2 aliphatic rings. The topological polar surface area (TPSA) is 63.3 Å². The maximum atomic E-state index is 13.1. The first-order valence-electron chi connectivity index (χ1n) is 11.5. The predicted octanol–water partition coefficient (Wildman–Crippen LogP) is 3.71. The van der Waals surface area contributed by atoms with Crippen LogP contribution in [-0.2, 0) is 16.0 Å². The predicted molar refractivity (Wildman–Crippen MR) is 127 cm³/mol. The fraction of sp³-hybridized carbons (Fsp3) is 0.480. The maximum absolute atomic E-state index is 13.1. The van der Waals surface area contributed by atoms with E-state index in [-0.39, 0.29) is 11.9 Å². The third-order valence-electron chi connectivity index (χ3n) is 5.95. The zero-order chi connectivity index (χ0) is 22.5. The first-order valence-corrected chi connectivity index (χ1v) is 11.5. The SMILES string of the molecule is CCOc1cc(N2CCOCC2)c(OCC)cc1NC(=O)CN1c2ccccc2C[C@@H]1C. The fourth-order valence-corrected chi connectivity index (χ4v) is 4.46. The Labute approximate surface area is 190 Å². The van der Waals surface area contributed by atoms with E-state index < -0.39 is 0 Å². The van der Waals surface area contributed by atoms with Crippen molar-refractivity contribution < 1.29 is 19.0 Å². The van der Waals surface area contributed by atoms with E-state index in [1.807, 2.05) is 32.0 Å². The van der Waals surface area contributed by atoms with Gasteiger partial charge in [0, 0.05) is 37.0 Å². The number of benzene rings is 2. The van der Waals surface area contributed by atoms with Crippen molar-refractivity contribution >= 4 is 23.0 Å². The molecule has 0 spiro atoms. The first kappa shape index (κ1) is 22.3. The van der Waals surface area contributed by atoms with E-state index in [2.05, 4.69) is 40.2 Å². The van der Waals surface area contributed by atoms with Crippen molar-refractivity contribution in [2.75, 3.05) is 61.2 Å². The fourth-order valence-electron chi connectivity index (χ4n) is 4.46. The van der Waals surface area contributed by atoms with Crippen molar-refractivity contribution in [3.8, 4) is 11.5 Å². The molecule has 0 aliphatic carbocycles. The van der Waals surface area contributed by atoms with Crippen molar-refractivity contribution in [3.05, 3.63) is 42.0 Å². The standard InChI is InChI=1S/C25H33N3O4/c1-4-31-23-16-22(27-10-12-30-13-11-27)24(32-5-2)15-20(23)26-25(29)17-28-18(3)14-19-8-6-7-9-21(19)28/h6-9,15-16,18H,4-5,10-14,17H2,1-3H3,(H,26,29)/t18-/m0/s1. The second-order valence-corrected chi connectivity index (χ2v) is 8.14. The molecule has 0 bridgehead atoms. The highest BCUT2D eigenvalue weighted by atomic mass is 16.5. The van der Waals surface area contributed by atoms with Crippen molar-refractivity contribution in [2.45, 2.75) is 33.2 Å². The summed E-state index contributed by atoms with van der Waals surface area (Å²) >= 11 is 0. The number of morpholine rings is 1. The Balaban J connectivity index is 1.56. The van der Waals surface area contributed by atoms with Gasteiger partial charge in [-0.2, -0.15) is 0 Å². The minimum atomic E-state index is -0.0731. The van der Waals surface area contributed by atoms with Crippen molar-refractivity contribution in [3.63, 3.8) is 0 Å². The number of anilines is 3. The molecule has 0 saturated carbocycles. The normalized spacial score (nSPS) is 17.8. The van der Waals surface area contributed by atoms with Crippen LogP contribution in [-0.4, -0.2) is 58.0 Å². The van der Waals surface area contributed by atoms with Gasteiger partial charge < -0.3 is 29.3 Å². The molecular weight excluding hydrogens is 406 g/mol. The molecule has 1 N–H and O–H groups in total. The second-order valence-electron chi connectivity index (χ2n) is 8.14. The van der Waals surface area contributed by atoms with Gasteiger partial charge in [-0.25, -0.2) is 0 Å². The molecule has 172 valence electrons. The van der Waals surface area contributed by atoms with Crippen molar-refractivity contribution in [2.24, 2.45) is 0 Å². The smallest absolute Gasteiger partial charge is 0.244 e. The van der Waals surface area contributed by atoms with Gasteiger partial charge in [0.15, 0.2) is 0 Å². The summed E-state index contributed by atoms with van der Waals surface area (Å²) in [5.41, 5.74) is 4.03. The Morgan fingerprint density at radius 3 is 2.53 bits per heavy atom. The van der Waals surface area contributed by atoms with Gasteiger partial charge in [-0.15, -0.1) is 0 Å². The molecule has 1 saturated heterocycles. The molecule has 1 atom stereocenters. The van der Waals surface area contributed by atoms with Crippen LogP contribution in [0.4, 0.5) is 17.1 Å². The Morgan fingerprint density at radius 1 is 1.06 bits per heavy atom. The molecular formula is C25H33N3O4. The number of hydrogen-bond acceptors (Lipinski definition) is 6. The summed E-state index contributed by atoms with van der Waals surface area (Å²) in [5.74, 6) is 1.32. The number of fused-ring (bicyclic) bond motifs is 1. The molecule has 7 heteroatoms. The second kappa shape index (κ2) is 10.1. The van der Waals surface area contributed by atoms with E-state index in [0.717, 1.165) is 36.6 Å². The average Bonchev–Trinajstić information content (AvgIpc) is 3.11. The number of nitrogens with one attached hydrogen (secondary N) is 1. The highest BCUT2D eigenvalue weighted by Gasteiger charge is 2.28. The third-order valence-corrected chi connectivity index (χ3v) is 5.95. The summed E-state index contributed by atoms with van der Waals surface area (Å²) in [6.45, 7) is 10.4. The molecule has 0 aromatic heterocycles. The van der Waals surface area contributed by atoms with Crippen LogP contribution in [0.25, 0.3) is 0 Å². The minimum absolute atomic E-state index is 0.0731. The zero-order valence-corrected chi connectivity index (χ0v) is 19.2. The first-order chi connectivity index (χ1) is 15.6. The molecule has 2 heterocycles. The Hall–Kier alpha value is -2.93. The average molecular weight is 440 g/mol. The van der Waals surface area contributed by atoms with Gasteiger partial charge in [0.25, 0.3) is 0 Å². The summed E-state index contributed by atoms with van der Waals surface area (Å²) in [4.78, 5) is 17.5. The number of amides is 1. The van der Waals surface area contributed by atoms with Crippen LogP contribution in [0, 0.1) is 0 Å². The van der Waals surface area contributed by atoms with Gasteiger partial charge >= 0.3 is 0 Å². The molecule has 1 amide bonds. The third kappa shape index (κ3) is 4.78. The van der Waals surface area contributed by atoms with Crippen LogP contribution < -0.4 is 24.6 Å². The van der Waals surface area contributed by atoms with E-state index in [1.165, 1.54) is 5.56 Å². The maximum Gasteiger partial charge on any atom is 0.244 e. The molecule has 0 unspecified atom stereocenters. The summed E-state index contributed by atoms with van der Waals surface area (Å²) in [6.07, 6.45) is 0.955. The lowest BCUT2D eigenvalue weighted by Crippen LogP contribution is -2.37. The number of carbonyl (C=O) groups is 1. The van der Waals surface area contributed by atoms with Gasteiger partial charge in [0.1, 0.15) is 11.5 Å². The molecule has 2 aromatic carbocycles. The highest BCUT2D eigenvalue weighted by Crippen LogP contribution is 2.39. The number of rotatable bonds is 8. The summed E-state index contributed by atoms with van der Waals surface area (Å²) in [5, 5.41) is 3.07. The number of carbonyl (C=O) groups excluding carboxylic acids is 1. The van der Waals surface area contributed by atoms with Gasteiger partial charge in [-0.1, -0.05) is 18.2 Å². The van der Waals surface area contributed by atoms with Gasteiger partial charge in [-0.05, 0) is 38.8 Å². The number of nitrogens with zero attached hydrogens (tertiary/aromatic N) is 2. The molecule has 2 aromatic rings. The van der Waals surface area contributed by atoms with Crippen molar-refractivity contribution in [1.82, 2.24) is 0 Å². The molecule has 7 nitrogen and oxygen atoms in total. The van der Waals surface area contributed by atoms with Crippen molar-refractivity contribution in [1.29, 1.82) is 0 Å². The number of para-hydroxylation sites is 1. The van der Waals surface area contributed by atoms with Crippen LogP contribution in [0.15, 0.2) is 36.4 Å². The molecule has 4 rings (SSSR count). The lowest BCUT2D eigenvalue weighted by atomic mass is 10.1. The number of ether oxygens (including phenoxy) is 3. The van der Waals surface area contributed by atoms with E-state index >= 15 is 0 Å². The lowest BCUT2D eigenvalue weighted by Gasteiger charge is -2.31. The van der Waals surface area contributed by atoms with Crippen LogP contribution >= 0.6 is 0 Å². The van der Waals surface area contributed by atoms with Gasteiger partial charge in [0.2, 0.25) is 5.91 Å². The molecule has 1 fully saturated rings. The lowest BCUT2D eigenvalue weighted by molar-refractivity contribution is -0.115. The number of hydrogen-bond donors (Lipinski definition) is 1. The molecule has 2 aliphatic heterocycles. The summed E-state index contributed by atoms with van der Waals surface area (Å²) in [7, 11) is 0. The van der Waals surface area contributed by atoms with E-state index in [4.69, 9.17) is 14.2 Å². The van der Waals surface area contributed by atoms with Gasteiger partial charge in [0.05, 0.1) is 44.3 Å². The van der Waals surface area contributed by atoms with Crippen LogP contribution in [0.1, 0.15) is 26.3 Å². The van der Waals surface area contributed by atoms with Gasteiger partial charge in [-0.3, -0.25) is 4.79 Å². The van der Waals surface area contributed by atoms with Crippen LogP contribution in [0.5, 0.6) is 11.5 Å². The van der Waals surface area contributed by atoms with E-state index in [0.29, 0.717) is 44.4 Å². The zero-order valence-electron chi connectivity index (χ0n) is 19.2. The minimum Gasteiger partial charge on any atom is -0.492 e.